The number of hydrogen-bond acceptors (Lipinski definition) is 3. The van der Waals surface area contributed by atoms with Crippen molar-refractivity contribution in [1.29, 1.82) is 0 Å². The van der Waals surface area contributed by atoms with E-state index in [1.54, 1.807) is 7.11 Å². The predicted molar refractivity (Wildman–Crippen MR) is 101 cm³/mol. The van der Waals surface area contributed by atoms with E-state index in [4.69, 9.17) is 4.74 Å². The molecule has 0 saturated carbocycles. The molecule has 134 valence electrons. The van der Waals surface area contributed by atoms with Gasteiger partial charge in [-0.1, -0.05) is 31.5 Å². The summed E-state index contributed by atoms with van der Waals surface area (Å²) < 4.78 is 5.45. The SMILES string of the molecule is CN=C(NCCN1CCCCC1)NCC(C)c1ccccc1OC. The fourth-order valence-electron chi connectivity index (χ4n) is 3.17. The van der Waals surface area contributed by atoms with Crippen molar-refractivity contribution in [2.24, 2.45) is 4.99 Å². The molecule has 0 spiro atoms. The Kier molecular flexibility index (Phi) is 7.89. The Morgan fingerprint density at radius 3 is 2.67 bits per heavy atom. The van der Waals surface area contributed by atoms with E-state index in [0.29, 0.717) is 5.92 Å². The van der Waals surface area contributed by atoms with Gasteiger partial charge in [-0.25, -0.2) is 0 Å². The molecule has 0 aliphatic carbocycles. The summed E-state index contributed by atoms with van der Waals surface area (Å²) >= 11 is 0. The molecular formula is C19H32N4O. The fourth-order valence-corrected chi connectivity index (χ4v) is 3.17. The van der Waals surface area contributed by atoms with Crippen LogP contribution in [0.15, 0.2) is 29.3 Å². The van der Waals surface area contributed by atoms with Gasteiger partial charge in [0.1, 0.15) is 5.75 Å². The average Bonchev–Trinajstić information content (AvgIpc) is 2.65. The molecule has 0 amide bonds. The van der Waals surface area contributed by atoms with E-state index in [2.05, 4.69) is 39.6 Å². The van der Waals surface area contributed by atoms with Gasteiger partial charge in [0.05, 0.1) is 7.11 Å². The molecule has 5 nitrogen and oxygen atoms in total. The van der Waals surface area contributed by atoms with Crippen LogP contribution < -0.4 is 15.4 Å². The van der Waals surface area contributed by atoms with Crippen LogP contribution in [-0.2, 0) is 0 Å². The highest BCUT2D eigenvalue weighted by Gasteiger charge is 2.12. The lowest BCUT2D eigenvalue weighted by molar-refractivity contribution is 0.232. The van der Waals surface area contributed by atoms with Gasteiger partial charge in [0.25, 0.3) is 0 Å². The van der Waals surface area contributed by atoms with Gasteiger partial charge in [0.2, 0.25) is 0 Å². The monoisotopic (exact) mass is 332 g/mol. The second-order valence-electron chi connectivity index (χ2n) is 6.43. The lowest BCUT2D eigenvalue weighted by atomic mass is 10.0. The Balaban J connectivity index is 1.74. The summed E-state index contributed by atoms with van der Waals surface area (Å²) in [6.45, 7) is 7.51. The highest BCUT2D eigenvalue weighted by atomic mass is 16.5. The lowest BCUT2D eigenvalue weighted by Crippen LogP contribution is -2.43. The van der Waals surface area contributed by atoms with Crippen LogP contribution >= 0.6 is 0 Å². The number of benzene rings is 1. The minimum absolute atomic E-state index is 0.349. The van der Waals surface area contributed by atoms with Crippen molar-refractivity contribution >= 4 is 5.96 Å². The number of ether oxygens (including phenoxy) is 1. The van der Waals surface area contributed by atoms with Gasteiger partial charge in [-0.3, -0.25) is 4.99 Å². The summed E-state index contributed by atoms with van der Waals surface area (Å²) in [6.07, 6.45) is 4.06. The topological polar surface area (TPSA) is 48.9 Å². The van der Waals surface area contributed by atoms with Crippen molar-refractivity contribution in [3.05, 3.63) is 29.8 Å². The van der Waals surface area contributed by atoms with Crippen molar-refractivity contribution in [3.8, 4) is 5.75 Å². The van der Waals surface area contributed by atoms with Crippen molar-refractivity contribution in [1.82, 2.24) is 15.5 Å². The van der Waals surface area contributed by atoms with Crippen LogP contribution in [-0.4, -0.2) is 57.7 Å². The molecule has 0 aromatic heterocycles. The number of rotatable bonds is 7. The Bertz CT molecular complexity index is 512. The predicted octanol–water partition coefficient (Wildman–Crippen LogP) is 2.45. The summed E-state index contributed by atoms with van der Waals surface area (Å²) in [5.74, 6) is 2.16. The first-order valence-corrected chi connectivity index (χ1v) is 9.04. The van der Waals surface area contributed by atoms with E-state index in [9.17, 15) is 0 Å². The maximum Gasteiger partial charge on any atom is 0.191 e. The van der Waals surface area contributed by atoms with E-state index in [0.717, 1.165) is 31.3 Å². The molecule has 2 rings (SSSR count). The molecule has 1 heterocycles. The molecule has 1 aliphatic heterocycles. The van der Waals surface area contributed by atoms with Gasteiger partial charge in [-0.15, -0.1) is 0 Å². The molecule has 24 heavy (non-hydrogen) atoms. The maximum absolute atomic E-state index is 5.45. The summed E-state index contributed by atoms with van der Waals surface area (Å²) in [4.78, 5) is 6.85. The first kappa shape index (κ1) is 18.6. The van der Waals surface area contributed by atoms with Crippen molar-refractivity contribution in [2.75, 3.05) is 46.9 Å². The van der Waals surface area contributed by atoms with Crippen molar-refractivity contribution in [2.45, 2.75) is 32.1 Å². The molecule has 1 atom stereocenters. The Morgan fingerprint density at radius 2 is 1.96 bits per heavy atom. The zero-order chi connectivity index (χ0) is 17.2. The summed E-state index contributed by atoms with van der Waals surface area (Å²) in [5, 5.41) is 6.84. The molecule has 5 heteroatoms. The van der Waals surface area contributed by atoms with Gasteiger partial charge in [0.15, 0.2) is 5.96 Å². The van der Waals surface area contributed by atoms with E-state index in [1.165, 1.54) is 37.9 Å². The minimum atomic E-state index is 0.349. The van der Waals surface area contributed by atoms with Crippen LogP contribution in [0.1, 0.15) is 37.7 Å². The summed E-state index contributed by atoms with van der Waals surface area (Å²) in [5.41, 5.74) is 1.22. The van der Waals surface area contributed by atoms with Crippen LogP contribution in [0.4, 0.5) is 0 Å². The summed E-state index contributed by atoms with van der Waals surface area (Å²) in [7, 11) is 3.55. The van der Waals surface area contributed by atoms with Gasteiger partial charge < -0.3 is 20.3 Å². The third-order valence-electron chi connectivity index (χ3n) is 4.64. The van der Waals surface area contributed by atoms with Crippen molar-refractivity contribution in [3.63, 3.8) is 0 Å². The first-order valence-electron chi connectivity index (χ1n) is 9.04. The largest absolute Gasteiger partial charge is 0.496 e. The lowest BCUT2D eigenvalue weighted by Gasteiger charge is -2.26. The van der Waals surface area contributed by atoms with E-state index >= 15 is 0 Å². The van der Waals surface area contributed by atoms with Gasteiger partial charge in [0, 0.05) is 32.6 Å². The van der Waals surface area contributed by atoms with Crippen molar-refractivity contribution < 1.29 is 4.74 Å². The van der Waals surface area contributed by atoms with Gasteiger partial charge in [-0.05, 0) is 37.6 Å². The van der Waals surface area contributed by atoms with Crippen LogP contribution in [0.3, 0.4) is 0 Å². The second-order valence-corrected chi connectivity index (χ2v) is 6.43. The maximum atomic E-state index is 5.45. The third kappa shape index (κ3) is 5.71. The van der Waals surface area contributed by atoms with Crippen LogP contribution in [0, 0.1) is 0 Å². The van der Waals surface area contributed by atoms with Gasteiger partial charge in [-0.2, -0.15) is 0 Å². The number of nitrogens with one attached hydrogen (secondary N) is 2. The fraction of sp³-hybridized carbons (Fsp3) is 0.632. The zero-order valence-electron chi connectivity index (χ0n) is 15.3. The quantitative estimate of drug-likeness (QED) is 0.595. The molecule has 1 aromatic rings. The third-order valence-corrected chi connectivity index (χ3v) is 4.64. The molecule has 1 aromatic carbocycles. The van der Waals surface area contributed by atoms with Crippen LogP contribution in [0.5, 0.6) is 5.75 Å². The first-order chi connectivity index (χ1) is 11.7. The van der Waals surface area contributed by atoms with Gasteiger partial charge >= 0.3 is 0 Å². The number of aliphatic imine (C=N–C) groups is 1. The standard InChI is InChI=1S/C19H32N4O/c1-16(17-9-5-6-10-18(17)24-3)15-22-19(20-2)21-11-14-23-12-7-4-8-13-23/h5-6,9-10,16H,4,7-8,11-15H2,1-3H3,(H2,20,21,22). The smallest absolute Gasteiger partial charge is 0.191 e. The van der Waals surface area contributed by atoms with E-state index < -0.39 is 0 Å². The Hall–Kier alpha value is -1.75. The molecule has 2 N–H and O–H groups in total. The molecule has 1 unspecified atom stereocenters. The molecule has 1 saturated heterocycles. The molecule has 1 fully saturated rings. The highest BCUT2D eigenvalue weighted by Crippen LogP contribution is 2.25. The molecule has 1 aliphatic rings. The number of likely N-dealkylation sites (tertiary alicyclic amines) is 1. The van der Waals surface area contributed by atoms with E-state index in [-0.39, 0.29) is 0 Å². The number of piperidine rings is 1. The molecule has 0 radical (unpaired) electrons. The number of nitrogens with zero attached hydrogens (tertiary/aromatic N) is 2. The zero-order valence-corrected chi connectivity index (χ0v) is 15.3. The van der Waals surface area contributed by atoms with Crippen LogP contribution in [0.2, 0.25) is 0 Å². The highest BCUT2D eigenvalue weighted by molar-refractivity contribution is 5.79. The second kappa shape index (κ2) is 10.2. The van der Waals surface area contributed by atoms with E-state index in [1.807, 2.05) is 19.2 Å². The molecule has 0 bridgehead atoms. The Labute approximate surface area is 146 Å². The normalized spacial score (nSPS) is 17.4. The Morgan fingerprint density at radius 1 is 1.21 bits per heavy atom. The minimum Gasteiger partial charge on any atom is -0.496 e. The average molecular weight is 332 g/mol. The molecular weight excluding hydrogens is 300 g/mol. The number of guanidine groups is 1. The van der Waals surface area contributed by atoms with Crippen LogP contribution in [0.25, 0.3) is 0 Å². The number of hydrogen-bond donors (Lipinski definition) is 2. The number of para-hydroxylation sites is 1. The number of methoxy groups -OCH3 is 1. The summed E-state index contributed by atoms with van der Waals surface area (Å²) in [6, 6.07) is 8.19.